The van der Waals surface area contributed by atoms with Gasteiger partial charge in [-0.15, -0.1) is 0 Å². The van der Waals surface area contributed by atoms with Gasteiger partial charge in [-0.3, -0.25) is 4.98 Å². The van der Waals surface area contributed by atoms with Crippen molar-refractivity contribution in [1.29, 1.82) is 0 Å². The summed E-state index contributed by atoms with van der Waals surface area (Å²) in [6.45, 7) is 3.65. The molecule has 0 spiro atoms. The minimum Gasteiger partial charge on any atom is -0.377 e. The fraction of sp³-hybridized carbons (Fsp3) is 0.667. The molecule has 1 heterocycles. The number of hydrogen-bond acceptors (Lipinski definition) is 3. The fourth-order valence-electron chi connectivity index (χ4n) is 2.57. The minimum atomic E-state index is -0.289. The molecule has 1 unspecified atom stereocenters. The van der Waals surface area contributed by atoms with E-state index in [1.165, 1.54) is 37.9 Å². The number of ether oxygens (including phenoxy) is 1. The zero-order valence-corrected chi connectivity index (χ0v) is 11.6. The summed E-state index contributed by atoms with van der Waals surface area (Å²) in [4.78, 5) is 4.13. The van der Waals surface area contributed by atoms with Crippen LogP contribution in [0.15, 0.2) is 18.3 Å². The van der Waals surface area contributed by atoms with E-state index in [1.807, 2.05) is 0 Å². The number of hydrogen-bond donors (Lipinski definition) is 1. The lowest BCUT2D eigenvalue weighted by Gasteiger charge is -2.17. The standard InChI is InChI=1S/C15H23FN2O/c1-2-14(15-8-7-12(16)11-18-15)17-9-10-19-13-5-3-4-6-13/h7-8,11,13-14,17H,2-6,9-10H2,1H3. The van der Waals surface area contributed by atoms with E-state index in [0.717, 1.165) is 25.3 Å². The molecular weight excluding hydrogens is 243 g/mol. The summed E-state index contributed by atoms with van der Waals surface area (Å²) in [5, 5.41) is 3.42. The van der Waals surface area contributed by atoms with Gasteiger partial charge in [-0.05, 0) is 31.4 Å². The second-order valence-corrected chi connectivity index (χ2v) is 5.09. The van der Waals surface area contributed by atoms with E-state index in [9.17, 15) is 4.39 Å². The number of nitrogens with zero attached hydrogens (tertiary/aromatic N) is 1. The lowest BCUT2D eigenvalue weighted by molar-refractivity contribution is 0.0590. The third-order valence-electron chi connectivity index (χ3n) is 3.66. The molecule has 0 saturated heterocycles. The summed E-state index contributed by atoms with van der Waals surface area (Å²) in [6.07, 6.45) is 7.68. The van der Waals surface area contributed by atoms with Crippen LogP contribution in [0.1, 0.15) is 50.8 Å². The Morgan fingerprint density at radius 1 is 1.42 bits per heavy atom. The largest absolute Gasteiger partial charge is 0.377 e. The van der Waals surface area contributed by atoms with Crippen LogP contribution in [0.3, 0.4) is 0 Å². The topological polar surface area (TPSA) is 34.1 Å². The van der Waals surface area contributed by atoms with Crippen molar-refractivity contribution < 1.29 is 9.13 Å². The Morgan fingerprint density at radius 3 is 2.84 bits per heavy atom. The van der Waals surface area contributed by atoms with Crippen LogP contribution in [0.25, 0.3) is 0 Å². The average Bonchev–Trinajstić information content (AvgIpc) is 2.93. The molecule has 0 radical (unpaired) electrons. The second-order valence-electron chi connectivity index (χ2n) is 5.09. The molecule has 1 atom stereocenters. The monoisotopic (exact) mass is 266 g/mol. The van der Waals surface area contributed by atoms with Crippen molar-refractivity contribution in [2.24, 2.45) is 0 Å². The molecule has 106 valence electrons. The molecule has 19 heavy (non-hydrogen) atoms. The van der Waals surface area contributed by atoms with E-state index in [2.05, 4.69) is 17.2 Å². The zero-order chi connectivity index (χ0) is 13.5. The lowest BCUT2D eigenvalue weighted by Crippen LogP contribution is -2.27. The smallest absolute Gasteiger partial charge is 0.141 e. The molecule has 1 N–H and O–H groups in total. The quantitative estimate of drug-likeness (QED) is 0.769. The Kier molecular flexibility index (Phi) is 5.73. The first-order valence-corrected chi connectivity index (χ1v) is 7.26. The van der Waals surface area contributed by atoms with Crippen LogP contribution in [-0.2, 0) is 4.74 Å². The van der Waals surface area contributed by atoms with Gasteiger partial charge in [0.1, 0.15) is 5.82 Å². The molecule has 1 aromatic rings. The minimum absolute atomic E-state index is 0.174. The molecule has 1 fully saturated rings. The van der Waals surface area contributed by atoms with Crippen molar-refractivity contribution in [3.63, 3.8) is 0 Å². The molecule has 1 aromatic heterocycles. The normalized spacial score (nSPS) is 17.8. The maximum Gasteiger partial charge on any atom is 0.141 e. The fourth-order valence-corrected chi connectivity index (χ4v) is 2.57. The number of halogens is 1. The van der Waals surface area contributed by atoms with Crippen LogP contribution < -0.4 is 5.32 Å². The Labute approximate surface area is 114 Å². The summed E-state index contributed by atoms with van der Waals surface area (Å²) in [5.41, 5.74) is 0.893. The van der Waals surface area contributed by atoms with Gasteiger partial charge in [0.25, 0.3) is 0 Å². The highest BCUT2D eigenvalue weighted by Gasteiger charge is 2.15. The molecule has 0 aliphatic heterocycles. The summed E-state index contributed by atoms with van der Waals surface area (Å²) < 4.78 is 18.6. The van der Waals surface area contributed by atoms with Gasteiger partial charge in [0.05, 0.1) is 24.6 Å². The molecule has 0 bridgehead atoms. The van der Waals surface area contributed by atoms with Gasteiger partial charge >= 0.3 is 0 Å². The molecule has 3 nitrogen and oxygen atoms in total. The summed E-state index contributed by atoms with van der Waals surface area (Å²) in [6, 6.07) is 3.38. The van der Waals surface area contributed by atoms with Gasteiger partial charge in [0.15, 0.2) is 0 Å². The average molecular weight is 266 g/mol. The Hall–Kier alpha value is -1.00. The molecule has 2 rings (SSSR count). The van der Waals surface area contributed by atoms with Crippen molar-refractivity contribution in [1.82, 2.24) is 10.3 Å². The molecule has 0 amide bonds. The highest BCUT2D eigenvalue weighted by molar-refractivity contribution is 5.09. The molecule has 1 aliphatic rings. The van der Waals surface area contributed by atoms with Gasteiger partial charge in [-0.25, -0.2) is 4.39 Å². The Morgan fingerprint density at radius 2 is 2.21 bits per heavy atom. The SMILES string of the molecule is CCC(NCCOC1CCCC1)c1ccc(F)cn1. The van der Waals surface area contributed by atoms with Crippen molar-refractivity contribution >= 4 is 0 Å². The van der Waals surface area contributed by atoms with Gasteiger partial charge < -0.3 is 10.1 Å². The number of aromatic nitrogens is 1. The van der Waals surface area contributed by atoms with E-state index in [1.54, 1.807) is 6.07 Å². The number of pyridine rings is 1. The Balaban J connectivity index is 1.71. The van der Waals surface area contributed by atoms with Gasteiger partial charge in [0.2, 0.25) is 0 Å². The molecule has 1 saturated carbocycles. The molecule has 1 aliphatic carbocycles. The first kappa shape index (κ1) is 14.4. The maximum atomic E-state index is 12.8. The summed E-state index contributed by atoms with van der Waals surface area (Å²) >= 11 is 0. The van der Waals surface area contributed by atoms with Crippen LogP contribution in [0.5, 0.6) is 0 Å². The first-order chi connectivity index (χ1) is 9.29. The third-order valence-corrected chi connectivity index (χ3v) is 3.66. The van der Waals surface area contributed by atoms with Crippen molar-refractivity contribution in [3.05, 3.63) is 29.8 Å². The molecule has 4 heteroatoms. The second kappa shape index (κ2) is 7.56. The van der Waals surface area contributed by atoms with Crippen LogP contribution in [0, 0.1) is 5.82 Å². The van der Waals surface area contributed by atoms with Crippen LogP contribution >= 0.6 is 0 Å². The zero-order valence-electron chi connectivity index (χ0n) is 11.6. The van der Waals surface area contributed by atoms with Crippen LogP contribution in [0.2, 0.25) is 0 Å². The molecule has 0 aromatic carbocycles. The van der Waals surface area contributed by atoms with Gasteiger partial charge in [-0.2, -0.15) is 0 Å². The first-order valence-electron chi connectivity index (χ1n) is 7.26. The molecular formula is C15H23FN2O. The van der Waals surface area contributed by atoms with Gasteiger partial charge in [0, 0.05) is 12.6 Å². The predicted octanol–water partition coefficient (Wildman–Crippen LogP) is 3.22. The highest BCUT2D eigenvalue weighted by atomic mass is 19.1. The number of nitrogens with one attached hydrogen (secondary N) is 1. The van der Waals surface area contributed by atoms with E-state index in [0.29, 0.717) is 6.10 Å². The van der Waals surface area contributed by atoms with Crippen LogP contribution in [-0.4, -0.2) is 24.2 Å². The lowest BCUT2D eigenvalue weighted by atomic mass is 10.1. The van der Waals surface area contributed by atoms with E-state index in [4.69, 9.17) is 4.74 Å². The summed E-state index contributed by atoms with van der Waals surface area (Å²) in [7, 11) is 0. The van der Waals surface area contributed by atoms with Crippen molar-refractivity contribution in [2.45, 2.75) is 51.2 Å². The van der Waals surface area contributed by atoms with E-state index in [-0.39, 0.29) is 11.9 Å². The van der Waals surface area contributed by atoms with E-state index < -0.39 is 0 Å². The van der Waals surface area contributed by atoms with Gasteiger partial charge in [-0.1, -0.05) is 19.8 Å². The van der Waals surface area contributed by atoms with E-state index >= 15 is 0 Å². The van der Waals surface area contributed by atoms with Crippen LogP contribution in [0.4, 0.5) is 4.39 Å². The maximum absolute atomic E-state index is 12.8. The predicted molar refractivity (Wildman–Crippen MR) is 73.4 cm³/mol. The van der Waals surface area contributed by atoms with Crippen molar-refractivity contribution in [2.75, 3.05) is 13.2 Å². The number of rotatable bonds is 7. The van der Waals surface area contributed by atoms with Crippen molar-refractivity contribution in [3.8, 4) is 0 Å². The Bertz CT molecular complexity index is 363. The third kappa shape index (κ3) is 4.55. The summed E-state index contributed by atoms with van der Waals surface area (Å²) in [5.74, 6) is -0.289. The highest BCUT2D eigenvalue weighted by Crippen LogP contribution is 2.20.